The second-order valence-electron chi connectivity index (χ2n) is 4.32. The molecule has 1 heterocycles. The van der Waals surface area contributed by atoms with Crippen LogP contribution in [0.3, 0.4) is 0 Å². The Hall–Kier alpha value is -0.870. The minimum Gasteiger partial charge on any atom is -0.389 e. The van der Waals surface area contributed by atoms with Crippen molar-refractivity contribution in [1.29, 1.82) is 0 Å². The molecule has 1 aromatic heterocycles. The zero-order valence-corrected chi connectivity index (χ0v) is 10.3. The number of halogens is 1. The second kappa shape index (κ2) is 3.61. The Morgan fingerprint density at radius 3 is 2.87 bits per heavy atom. The highest BCUT2D eigenvalue weighted by atomic mass is 79.9. The molecule has 0 atom stereocenters. The van der Waals surface area contributed by atoms with Gasteiger partial charge < -0.3 is 5.11 Å². The average Bonchev–Trinajstić information content (AvgIpc) is 2.45. The van der Waals surface area contributed by atoms with Crippen molar-refractivity contribution in [3.8, 4) is 0 Å². The highest BCUT2D eigenvalue weighted by molar-refractivity contribution is 9.10. The van der Waals surface area contributed by atoms with Crippen LogP contribution in [0.15, 0.2) is 28.9 Å². The maximum absolute atomic E-state index is 9.73. The van der Waals surface area contributed by atoms with Crippen LogP contribution >= 0.6 is 15.9 Å². The fraction of sp³-hybridized carbons (Fsp3) is 0.364. The molecular weight excluding hydrogens is 256 g/mol. The maximum Gasteiger partial charge on any atom is 0.0787 e. The molecular formula is C11H13BrN2O. The first-order valence-corrected chi connectivity index (χ1v) is 5.58. The molecule has 4 heteroatoms. The Morgan fingerprint density at radius 2 is 2.20 bits per heavy atom. The minimum absolute atomic E-state index is 0.498. The van der Waals surface area contributed by atoms with Gasteiger partial charge >= 0.3 is 0 Å². The van der Waals surface area contributed by atoms with Crippen molar-refractivity contribution in [3.63, 3.8) is 0 Å². The lowest BCUT2D eigenvalue weighted by molar-refractivity contribution is 0.0591. The molecule has 0 unspecified atom stereocenters. The third-order valence-electron chi connectivity index (χ3n) is 2.14. The molecule has 0 aliphatic rings. The summed E-state index contributed by atoms with van der Waals surface area (Å²) >= 11 is 3.42. The SMILES string of the molecule is CC(C)(O)Cn1ncc2cc(Br)ccc21. The van der Waals surface area contributed by atoms with Crippen LogP contribution in [0.5, 0.6) is 0 Å². The highest BCUT2D eigenvalue weighted by Crippen LogP contribution is 2.20. The van der Waals surface area contributed by atoms with E-state index in [2.05, 4.69) is 21.0 Å². The Bertz CT molecular complexity index is 485. The van der Waals surface area contributed by atoms with E-state index < -0.39 is 5.60 Å². The summed E-state index contributed by atoms with van der Waals surface area (Å²) in [5.74, 6) is 0. The maximum atomic E-state index is 9.73. The predicted octanol–water partition coefficient (Wildman–Crippen LogP) is 2.57. The lowest BCUT2D eigenvalue weighted by Gasteiger charge is -2.17. The molecule has 0 saturated heterocycles. The molecule has 2 aromatic rings. The van der Waals surface area contributed by atoms with E-state index in [4.69, 9.17) is 0 Å². The largest absolute Gasteiger partial charge is 0.389 e. The van der Waals surface area contributed by atoms with E-state index in [-0.39, 0.29) is 0 Å². The van der Waals surface area contributed by atoms with Crippen molar-refractivity contribution in [2.75, 3.05) is 0 Å². The number of aliphatic hydroxyl groups is 1. The van der Waals surface area contributed by atoms with E-state index in [0.29, 0.717) is 6.54 Å². The van der Waals surface area contributed by atoms with Gasteiger partial charge in [0, 0.05) is 9.86 Å². The minimum atomic E-state index is -0.744. The number of benzene rings is 1. The Morgan fingerprint density at radius 1 is 1.47 bits per heavy atom. The molecule has 0 radical (unpaired) electrons. The van der Waals surface area contributed by atoms with Crippen molar-refractivity contribution in [1.82, 2.24) is 9.78 Å². The van der Waals surface area contributed by atoms with Gasteiger partial charge in [-0.05, 0) is 32.0 Å². The Balaban J connectivity index is 2.45. The fourth-order valence-corrected chi connectivity index (χ4v) is 1.93. The van der Waals surface area contributed by atoms with Gasteiger partial charge in [0.05, 0.1) is 23.9 Å². The summed E-state index contributed by atoms with van der Waals surface area (Å²) in [5.41, 5.74) is 0.298. The standard InChI is InChI=1S/C11H13BrN2O/c1-11(2,15)7-14-10-4-3-9(12)5-8(10)6-13-14/h3-6,15H,7H2,1-2H3. The number of rotatable bonds is 2. The quantitative estimate of drug-likeness (QED) is 0.909. The second-order valence-corrected chi connectivity index (χ2v) is 5.23. The zero-order chi connectivity index (χ0) is 11.1. The van der Waals surface area contributed by atoms with E-state index in [1.165, 1.54) is 0 Å². The smallest absolute Gasteiger partial charge is 0.0787 e. The van der Waals surface area contributed by atoms with E-state index in [1.807, 2.05) is 29.1 Å². The average molecular weight is 269 g/mol. The summed E-state index contributed by atoms with van der Waals surface area (Å²) in [5, 5.41) is 15.1. The number of hydrogen-bond donors (Lipinski definition) is 1. The van der Waals surface area contributed by atoms with Gasteiger partial charge in [0.2, 0.25) is 0 Å². The molecule has 0 fully saturated rings. The van der Waals surface area contributed by atoms with Crippen molar-refractivity contribution < 1.29 is 5.11 Å². The zero-order valence-electron chi connectivity index (χ0n) is 8.74. The van der Waals surface area contributed by atoms with E-state index in [1.54, 1.807) is 13.8 Å². The first kappa shape index (κ1) is 10.6. The molecule has 1 aromatic carbocycles. The molecule has 0 spiro atoms. The lowest BCUT2D eigenvalue weighted by Crippen LogP contribution is -2.26. The molecule has 0 amide bonds. The molecule has 1 N–H and O–H groups in total. The first-order chi connectivity index (χ1) is 6.96. The Kier molecular flexibility index (Phi) is 2.56. The van der Waals surface area contributed by atoms with Crippen molar-refractivity contribution in [3.05, 3.63) is 28.9 Å². The third-order valence-corrected chi connectivity index (χ3v) is 2.63. The summed E-state index contributed by atoms with van der Waals surface area (Å²) in [6.45, 7) is 4.05. The molecule has 15 heavy (non-hydrogen) atoms. The lowest BCUT2D eigenvalue weighted by atomic mass is 10.1. The molecule has 80 valence electrons. The Labute approximate surface area is 96.8 Å². The summed E-state index contributed by atoms with van der Waals surface area (Å²) in [6.07, 6.45) is 1.81. The van der Waals surface area contributed by atoms with E-state index >= 15 is 0 Å². The van der Waals surface area contributed by atoms with Crippen LogP contribution in [0.4, 0.5) is 0 Å². The summed E-state index contributed by atoms with van der Waals surface area (Å²) < 4.78 is 2.86. The highest BCUT2D eigenvalue weighted by Gasteiger charge is 2.15. The molecule has 0 saturated carbocycles. The van der Waals surface area contributed by atoms with Crippen molar-refractivity contribution in [2.45, 2.75) is 26.0 Å². The van der Waals surface area contributed by atoms with Gasteiger partial charge in [0.25, 0.3) is 0 Å². The van der Waals surface area contributed by atoms with Crippen molar-refractivity contribution in [2.24, 2.45) is 0 Å². The number of hydrogen-bond acceptors (Lipinski definition) is 2. The van der Waals surface area contributed by atoms with Gasteiger partial charge in [-0.1, -0.05) is 15.9 Å². The molecule has 0 aliphatic carbocycles. The van der Waals surface area contributed by atoms with Gasteiger partial charge in [-0.15, -0.1) is 0 Å². The van der Waals surface area contributed by atoms with Crippen LogP contribution in [-0.2, 0) is 6.54 Å². The topological polar surface area (TPSA) is 38.0 Å². The predicted molar refractivity (Wildman–Crippen MR) is 63.7 cm³/mol. The van der Waals surface area contributed by atoms with Crippen LogP contribution in [0.1, 0.15) is 13.8 Å². The van der Waals surface area contributed by atoms with Gasteiger partial charge in [0.15, 0.2) is 0 Å². The van der Waals surface area contributed by atoms with E-state index in [9.17, 15) is 5.11 Å². The summed E-state index contributed by atoms with van der Waals surface area (Å²) in [6, 6.07) is 5.99. The van der Waals surface area contributed by atoms with Crippen LogP contribution in [-0.4, -0.2) is 20.5 Å². The van der Waals surface area contributed by atoms with E-state index in [0.717, 1.165) is 15.4 Å². The van der Waals surface area contributed by atoms with Gasteiger partial charge in [0.1, 0.15) is 0 Å². The fourth-order valence-electron chi connectivity index (χ4n) is 1.55. The van der Waals surface area contributed by atoms with Crippen LogP contribution in [0.2, 0.25) is 0 Å². The third kappa shape index (κ3) is 2.38. The summed E-state index contributed by atoms with van der Waals surface area (Å²) in [4.78, 5) is 0. The number of fused-ring (bicyclic) bond motifs is 1. The number of nitrogens with zero attached hydrogens (tertiary/aromatic N) is 2. The first-order valence-electron chi connectivity index (χ1n) is 4.79. The van der Waals surface area contributed by atoms with Gasteiger partial charge in [-0.3, -0.25) is 4.68 Å². The van der Waals surface area contributed by atoms with Crippen molar-refractivity contribution >= 4 is 26.8 Å². The normalized spacial score (nSPS) is 12.3. The van der Waals surface area contributed by atoms with Crippen LogP contribution < -0.4 is 0 Å². The molecule has 3 nitrogen and oxygen atoms in total. The van der Waals surface area contributed by atoms with Gasteiger partial charge in [-0.2, -0.15) is 5.10 Å². The van der Waals surface area contributed by atoms with Gasteiger partial charge in [-0.25, -0.2) is 0 Å². The number of aromatic nitrogens is 2. The van der Waals surface area contributed by atoms with Crippen LogP contribution in [0, 0.1) is 0 Å². The molecule has 2 rings (SSSR count). The van der Waals surface area contributed by atoms with Crippen LogP contribution in [0.25, 0.3) is 10.9 Å². The summed E-state index contributed by atoms with van der Waals surface area (Å²) in [7, 11) is 0. The monoisotopic (exact) mass is 268 g/mol. The molecule has 0 bridgehead atoms. The molecule has 0 aliphatic heterocycles.